The molecule has 15 heavy (non-hydrogen) atoms. The Hall–Kier alpha value is -1.05. The Bertz CT molecular complexity index is 322. The number of anilines is 1. The highest BCUT2D eigenvalue weighted by Gasteiger charge is 2.23. The predicted molar refractivity (Wildman–Crippen MR) is 64.0 cm³/mol. The minimum Gasteiger partial charge on any atom is -0.381 e. The highest BCUT2D eigenvalue weighted by Crippen LogP contribution is 2.30. The van der Waals surface area contributed by atoms with Gasteiger partial charge in [-0.1, -0.05) is 13.3 Å². The van der Waals surface area contributed by atoms with Crippen molar-refractivity contribution >= 4 is 5.69 Å². The Morgan fingerprint density at radius 1 is 1.47 bits per heavy atom. The summed E-state index contributed by atoms with van der Waals surface area (Å²) in [4.78, 5) is 4.30. The lowest BCUT2D eigenvalue weighted by molar-refractivity contribution is 0.525. The van der Waals surface area contributed by atoms with E-state index in [-0.39, 0.29) is 0 Å². The SMILES string of the molecule is CCC1CCC(Nc2cccnc2C)C1. The Morgan fingerprint density at radius 2 is 2.33 bits per heavy atom. The third-order valence-electron chi connectivity index (χ3n) is 3.49. The molecule has 0 aromatic carbocycles. The van der Waals surface area contributed by atoms with Crippen molar-refractivity contribution in [1.82, 2.24) is 4.98 Å². The van der Waals surface area contributed by atoms with Gasteiger partial charge in [-0.05, 0) is 44.2 Å². The molecule has 0 spiro atoms. The summed E-state index contributed by atoms with van der Waals surface area (Å²) in [6.45, 7) is 4.36. The number of pyridine rings is 1. The first kappa shape index (κ1) is 10.5. The van der Waals surface area contributed by atoms with Gasteiger partial charge in [0.15, 0.2) is 0 Å². The van der Waals surface area contributed by atoms with Gasteiger partial charge in [0.1, 0.15) is 0 Å². The molecular weight excluding hydrogens is 184 g/mol. The van der Waals surface area contributed by atoms with E-state index in [2.05, 4.69) is 30.2 Å². The highest BCUT2D eigenvalue weighted by atomic mass is 14.9. The van der Waals surface area contributed by atoms with Crippen molar-refractivity contribution < 1.29 is 0 Å². The first-order valence-corrected chi connectivity index (χ1v) is 5.97. The van der Waals surface area contributed by atoms with Crippen LogP contribution in [0.15, 0.2) is 18.3 Å². The smallest absolute Gasteiger partial charge is 0.0603 e. The van der Waals surface area contributed by atoms with Gasteiger partial charge in [0.05, 0.1) is 11.4 Å². The van der Waals surface area contributed by atoms with Gasteiger partial charge >= 0.3 is 0 Å². The Labute approximate surface area is 92.1 Å². The van der Waals surface area contributed by atoms with Crippen LogP contribution in [0.3, 0.4) is 0 Å². The van der Waals surface area contributed by atoms with Crippen molar-refractivity contribution in [1.29, 1.82) is 0 Å². The Kier molecular flexibility index (Phi) is 3.24. The van der Waals surface area contributed by atoms with E-state index < -0.39 is 0 Å². The third kappa shape index (κ3) is 2.49. The summed E-state index contributed by atoms with van der Waals surface area (Å²) in [5, 5.41) is 3.61. The van der Waals surface area contributed by atoms with Gasteiger partial charge in [-0.3, -0.25) is 4.98 Å². The zero-order valence-electron chi connectivity index (χ0n) is 9.66. The first-order chi connectivity index (χ1) is 7.29. The van der Waals surface area contributed by atoms with Crippen molar-refractivity contribution in [3.63, 3.8) is 0 Å². The predicted octanol–water partition coefficient (Wildman–Crippen LogP) is 3.38. The van der Waals surface area contributed by atoms with Crippen LogP contribution in [-0.2, 0) is 0 Å². The molecule has 2 nitrogen and oxygen atoms in total. The lowest BCUT2D eigenvalue weighted by atomic mass is 10.1. The summed E-state index contributed by atoms with van der Waals surface area (Å²) in [7, 11) is 0. The molecule has 2 rings (SSSR count). The van der Waals surface area contributed by atoms with Crippen LogP contribution < -0.4 is 5.32 Å². The monoisotopic (exact) mass is 204 g/mol. The number of nitrogens with zero attached hydrogens (tertiary/aromatic N) is 1. The van der Waals surface area contributed by atoms with E-state index in [4.69, 9.17) is 0 Å². The summed E-state index contributed by atoms with van der Waals surface area (Å²) in [6.07, 6.45) is 7.19. The van der Waals surface area contributed by atoms with Crippen LogP contribution in [0.4, 0.5) is 5.69 Å². The molecule has 1 heterocycles. The summed E-state index contributed by atoms with van der Waals surface area (Å²) in [5.41, 5.74) is 2.32. The molecule has 2 unspecified atom stereocenters. The fourth-order valence-corrected chi connectivity index (χ4v) is 2.43. The molecule has 82 valence electrons. The Morgan fingerprint density at radius 3 is 3.00 bits per heavy atom. The maximum Gasteiger partial charge on any atom is 0.0603 e. The van der Waals surface area contributed by atoms with Crippen molar-refractivity contribution in [3.8, 4) is 0 Å². The van der Waals surface area contributed by atoms with Gasteiger partial charge in [0.2, 0.25) is 0 Å². The van der Waals surface area contributed by atoms with E-state index in [1.807, 2.05) is 12.3 Å². The zero-order chi connectivity index (χ0) is 10.7. The van der Waals surface area contributed by atoms with Gasteiger partial charge in [-0.2, -0.15) is 0 Å². The van der Waals surface area contributed by atoms with Crippen molar-refractivity contribution in [2.75, 3.05) is 5.32 Å². The standard InChI is InChI=1S/C13H20N2/c1-3-11-6-7-12(9-11)15-13-5-4-8-14-10(13)2/h4-5,8,11-12,15H,3,6-7,9H2,1-2H3. The van der Waals surface area contributed by atoms with Gasteiger partial charge < -0.3 is 5.32 Å². The molecule has 0 saturated heterocycles. The second-order valence-corrected chi connectivity index (χ2v) is 4.56. The van der Waals surface area contributed by atoms with Gasteiger partial charge in [-0.15, -0.1) is 0 Å². The molecule has 1 saturated carbocycles. The molecule has 0 aliphatic heterocycles. The maximum atomic E-state index is 4.30. The van der Waals surface area contributed by atoms with Gasteiger partial charge in [-0.25, -0.2) is 0 Å². The number of hydrogen-bond acceptors (Lipinski definition) is 2. The quantitative estimate of drug-likeness (QED) is 0.816. The fraction of sp³-hybridized carbons (Fsp3) is 0.615. The molecule has 1 N–H and O–H groups in total. The van der Waals surface area contributed by atoms with Crippen molar-refractivity contribution in [2.45, 2.75) is 45.6 Å². The van der Waals surface area contributed by atoms with E-state index in [1.165, 1.54) is 31.4 Å². The van der Waals surface area contributed by atoms with Crippen LogP contribution in [0.1, 0.15) is 38.3 Å². The summed E-state index contributed by atoms with van der Waals surface area (Å²) < 4.78 is 0. The van der Waals surface area contributed by atoms with E-state index in [9.17, 15) is 0 Å². The normalized spacial score (nSPS) is 25.5. The summed E-state index contributed by atoms with van der Waals surface area (Å²) >= 11 is 0. The molecule has 1 aliphatic rings. The molecule has 2 atom stereocenters. The van der Waals surface area contributed by atoms with Crippen LogP contribution in [0.25, 0.3) is 0 Å². The average Bonchev–Trinajstić information content (AvgIpc) is 2.69. The molecule has 2 heteroatoms. The van der Waals surface area contributed by atoms with Gasteiger partial charge in [0.25, 0.3) is 0 Å². The molecular formula is C13H20N2. The van der Waals surface area contributed by atoms with Gasteiger partial charge in [0, 0.05) is 12.2 Å². The van der Waals surface area contributed by atoms with E-state index in [0.29, 0.717) is 6.04 Å². The minimum atomic E-state index is 0.665. The van der Waals surface area contributed by atoms with E-state index >= 15 is 0 Å². The van der Waals surface area contributed by atoms with Crippen molar-refractivity contribution in [2.24, 2.45) is 5.92 Å². The molecule has 1 aromatic heterocycles. The first-order valence-electron chi connectivity index (χ1n) is 5.97. The minimum absolute atomic E-state index is 0.665. The number of aromatic nitrogens is 1. The van der Waals surface area contributed by atoms with Crippen LogP contribution in [0.5, 0.6) is 0 Å². The number of hydrogen-bond donors (Lipinski definition) is 1. The lowest BCUT2D eigenvalue weighted by Crippen LogP contribution is -2.16. The second-order valence-electron chi connectivity index (χ2n) is 4.56. The van der Waals surface area contributed by atoms with Crippen LogP contribution in [-0.4, -0.2) is 11.0 Å². The van der Waals surface area contributed by atoms with E-state index in [0.717, 1.165) is 11.6 Å². The second kappa shape index (κ2) is 4.65. The van der Waals surface area contributed by atoms with E-state index in [1.54, 1.807) is 0 Å². The maximum absolute atomic E-state index is 4.30. The summed E-state index contributed by atoms with van der Waals surface area (Å²) in [6, 6.07) is 4.79. The molecule has 1 aliphatic carbocycles. The van der Waals surface area contributed by atoms with Crippen molar-refractivity contribution in [3.05, 3.63) is 24.0 Å². The number of aryl methyl sites for hydroxylation is 1. The molecule has 0 amide bonds. The van der Waals surface area contributed by atoms with Crippen LogP contribution >= 0.6 is 0 Å². The fourth-order valence-electron chi connectivity index (χ4n) is 2.43. The highest BCUT2D eigenvalue weighted by molar-refractivity contribution is 5.47. The van der Waals surface area contributed by atoms with Crippen LogP contribution in [0, 0.1) is 12.8 Å². The summed E-state index contributed by atoms with van der Waals surface area (Å²) in [5.74, 6) is 0.930. The lowest BCUT2D eigenvalue weighted by Gasteiger charge is -2.15. The largest absolute Gasteiger partial charge is 0.381 e. The van der Waals surface area contributed by atoms with Crippen LogP contribution in [0.2, 0.25) is 0 Å². The molecule has 1 aromatic rings. The average molecular weight is 204 g/mol. The molecule has 0 radical (unpaired) electrons. The molecule has 0 bridgehead atoms. The Balaban J connectivity index is 1.96. The third-order valence-corrected chi connectivity index (χ3v) is 3.49. The number of rotatable bonds is 3. The number of nitrogens with one attached hydrogen (secondary N) is 1. The topological polar surface area (TPSA) is 24.9 Å². The zero-order valence-corrected chi connectivity index (χ0v) is 9.66. The molecule has 1 fully saturated rings.